The predicted octanol–water partition coefficient (Wildman–Crippen LogP) is 2.40. The molecule has 1 amide bonds. The number of ketones is 1. The maximum Gasteiger partial charge on any atom is 0.277 e. The fraction of sp³-hybridized carbons (Fsp3) is 0.500. The number of aliphatic hydroxyl groups is 1. The first-order chi connectivity index (χ1) is 12.7. The van der Waals surface area contributed by atoms with Crippen molar-refractivity contribution in [1.29, 1.82) is 0 Å². The number of rotatable bonds is 1. The number of aromatic nitrogens is 2. The summed E-state index contributed by atoms with van der Waals surface area (Å²) in [6, 6.07) is 0. The van der Waals surface area contributed by atoms with Gasteiger partial charge in [0.2, 0.25) is 5.78 Å². The van der Waals surface area contributed by atoms with Crippen molar-refractivity contribution in [2.24, 2.45) is 5.10 Å². The molecule has 1 aliphatic heterocycles. The minimum atomic E-state index is -0.562. The highest BCUT2D eigenvalue weighted by Gasteiger charge is 2.46. The summed E-state index contributed by atoms with van der Waals surface area (Å²) >= 11 is 0. The van der Waals surface area contributed by atoms with E-state index in [-0.39, 0.29) is 33.6 Å². The Morgan fingerprint density at radius 2 is 1.46 bits per heavy atom. The molecule has 2 N–H and O–H groups in total. The van der Waals surface area contributed by atoms with E-state index in [1.165, 1.54) is 9.69 Å². The normalized spacial score (nSPS) is 20.9. The van der Waals surface area contributed by atoms with Gasteiger partial charge in [-0.1, -0.05) is 0 Å². The average Bonchev–Trinajstić information content (AvgIpc) is 2.99. The highest BCUT2D eigenvalue weighted by molar-refractivity contribution is 6.44. The Kier molecular flexibility index (Phi) is 4.11. The van der Waals surface area contributed by atoms with Crippen LogP contribution in [0.4, 0.5) is 0 Å². The summed E-state index contributed by atoms with van der Waals surface area (Å²) in [4.78, 5) is 38.5. The molecule has 8 heteroatoms. The van der Waals surface area contributed by atoms with E-state index in [1.54, 1.807) is 13.8 Å². The lowest BCUT2D eigenvalue weighted by Gasteiger charge is -2.28. The van der Waals surface area contributed by atoms with Crippen molar-refractivity contribution in [1.82, 2.24) is 14.8 Å². The largest absolute Gasteiger partial charge is 0.506 e. The second kappa shape index (κ2) is 5.80. The van der Waals surface area contributed by atoms with Crippen molar-refractivity contribution in [3.63, 3.8) is 0 Å². The van der Waals surface area contributed by atoms with Crippen LogP contribution in [0.5, 0.6) is 0 Å². The number of carbonyl (C=O) groups excluding carboxylic acids is 2. The number of nitrogens with zero attached hydrogens (tertiary/aromatic N) is 3. The van der Waals surface area contributed by atoms with Crippen LogP contribution in [0.2, 0.25) is 0 Å². The molecule has 3 rings (SSSR count). The van der Waals surface area contributed by atoms with Crippen molar-refractivity contribution >= 4 is 23.0 Å². The van der Waals surface area contributed by atoms with Gasteiger partial charge in [0.15, 0.2) is 0 Å². The topological polar surface area (TPSA) is 108 Å². The lowest BCUT2D eigenvalue weighted by molar-refractivity contribution is -0.130. The standard InChI is InChI=1S/C20H26N4O4/c1-9-11(17(27)23(21-9)19(3,4)5)13-15(25)14(16(13)26)12-10(2)22-24(18(12)28)20(6,7)8/h21,25H,1-8H3/b14-12-. The summed E-state index contributed by atoms with van der Waals surface area (Å²) in [5.74, 6) is -1.29. The van der Waals surface area contributed by atoms with E-state index in [0.717, 1.165) is 0 Å². The van der Waals surface area contributed by atoms with Gasteiger partial charge in [0.1, 0.15) is 5.76 Å². The van der Waals surface area contributed by atoms with Gasteiger partial charge in [-0.05, 0) is 55.4 Å². The molecule has 2 heterocycles. The molecule has 150 valence electrons. The van der Waals surface area contributed by atoms with E-state index < -0.39 is 22.8 Å². The number of hydrazone groups is 1. The number of allylic oxidation sites excluding steroid dienone is 2. The molecule has 1 aromatic rings. The molecule has 1 aromatic heterocycles. The summed E-state index contributed by atoms with van der Waals surface area (Å²) < 4.78 is 1.42. The zero-order valence-corrected chi connectivity index (χ0v) is 17.5. The van der Waals surface area contributed by atoms with Gasteiger partial charge in [0, 0.05) is 5.69 Å². The van der Waals surface area contributed by atoms with Crippen molar-refractivity contribution in [2.45, 2.75) is 66.5 Å². The van der Waals surface area contributed by atoms with E-state index in [9.17, 15) is 19.5 Å². The third kappa shape index (κ3) is 2.66. The molecule has 28 heavy (non-hydrogen) atoms. The number of H-pyrrole nitrogens is 1. The molecule has 1 aliphatic carbocycles. The number of carbonyl (C=O) groups is 2. The van der Waals surface area contributed by atoms with E-state index in [2.05, 4.69) is 10.2 Å². The Hall–Kier alpha value is -2.90. The van der Waals surface area contributed by atoms with Crippen LogP contribution in [0.1, 0.15) is 59.7 Å². The number of amides is 1. The number of nitrogens with one attached hydrogen (secondary N) is 1. The van der Waals surface area contributed by atoms with Crippen molar-refractivity contribution in [2.75, 3.05) is 0 Å². The molecular formula is C20H26N4O4. The smallest absolute Gasteiger partial charge is 0.277 e. The fourth-order valence-corrected chi connectivity index (χ4v) is 3.43. The Morgan fingerprint density at radius 1 is 0.893 bits per heavy atom. The third-order valence-corrected chi connectivity index (χ3v) is 4.82. The molecular weight excluding hydrogens is 360 g/mol. The molecule has 0 unspecified atom stereocenters. The molecule has 0 saturated heterocycles. The highest BCUT2D eigenvalue weighted by Crippen LogP contribution is 2.40. The van der Waals surface area contributed by atoms with Gasteiger partial charge < -0.3 is 5.11 Å². The second-order valence-corrected chi connectivity index (χ2v) is 9.20. The molecule has 2 aliphatic rings. The molecule has 0 saturated carbocycles. The maximum absolute atomic E-state index is 12.9. The maximum atomic E-state index is 12.9. The second-order valence-electron chi connectivity index (χ2n) is 9.20. The van der Waals surface area contributed by atoms with E-state index in [0.29, 0.717) is 11.4 Å². The molecule has 0 atom stereocenters. The fourth-order valence-electron chi connectivity index (χ4n) is 3.43. The molecule has 0 bridgehead atoms. The molecule has 8 nitrogen and oxygen atoms in total. The lowest BCUT2D eigenvalue weighted by atomic mass is 9.80. The first-order valence-corrected chi connectivity index (χ1v) is 9.13. The van der Waals surface area contributed by atoms with Gasteiger partial charge in [0.05, 0.1) is 39.1 Å². The number of aliphatic hydroxyl groups excluding tert-OH is 1. The summed E-state index contributed by atoms with van der Waals surface area (Å²) in [6.07, 6.45) is 0. The Balaban J connectivity index is 2.16. The van der Waals surface area contributed by atoms with Crippen LogP contribution in [0.3, 0.4) is 0 Å². The minimum Gasteiger partial charge on any atom is -0.506 e. The van der Waals surface area contributed by atoms with Crippen LogP contribution in [-0.4, -0.2) is 42.8 Å². The van der Waals surface area contributed by atoms with Crippen LogP contribution in [0.25, 0.3) is 5.57 Å². The van der Waals surface area contributed by atoms with Gasteiger partial charge in [0.25, 0.3) is 11.5 Å². The minimum absolute atomic E-state index is 0.0564. The lowest BCUT2D eigenvalue weighted by Crippen LogP contribution is -2.40. The number of aryl methyl sites for hydroxylation is 1. The van der Waals surface area contributed by atoms with Gasteiger partial charge in [-0.2, -0.15) is 5.10 Å². The monoisotopic (exact) mass is 386 g/mol. The van der Waals surface area contributed by atoms with Gasteiger partial charge in [-0.25, -0.2) is 9.69 Å². The number of Topliss-reactive ketones (excluding diaryl/α,β-unsaturated/α-hetero) is 1. The van der Waals surface area contributed by atoms with E-state index in [1.807, 2.05) is 41.5 Å². The van der Waals surface area contributed by atoms with Gasteiger partial charge >= 0.3 is 0 Å². The van der Waals surface area contributed by atoms with E-state index in [4.69, 9.17) is 0 Å². The number of aromatic amines is 1. The molecule has 0 spiro atoms. The van der Waals surface area contributed by atoms with Crippen molar-refractivity contribution < 1.29 is 14.7 Å². The van der Waals surface area contributed by atoms with Crippen molar-refractivity contribution in [3.05, 3.63) is 38.5 Å². The van der Waals surface area contributed by atoms with E-state index >= 15 is 0 Å². The average molecular weight is 386 g/mol. The number of hydrogen-bond donors (Lipinski definition) is 2. The Bertz CT molecular complexity index is 1070. The zero-order chi connectivity index (χ0) is 21.3. The molecule has 0 radical (unpaired) electrons. The predicted molar refractivity (Wildman–Crippen MR) is 106 cm³/mol. The third-order valence-electron chi connectivity index (χ3n) is 4.82. The summed E-state index contributed by atoms with van der Waals surface area (Å²) in [5, 5.41) is 19.2. The molecule has 0 aromatic carbocycles. The first-order valence-electron chi connectivity index (χ1n) is 9.13. The number of hydrogen-bond acceptors (Lipinski definition) is 5. The van der Waals surface area contributed by atoms with Crippen molar-refractivity contribution in [3.8, 4) is 0 Å². The quantitative estimate of drug-likeness (QED) is 0.723. The zero-order valence-electron chi connectivity index (χ0n) is 17.5. The van der Waals surface area contributed by atoms with Crippen LogP contribution in [0.15, 0.2) is 26.8 Å². The van der Waals surface area contributed by atoms with Crippen LogP contribution in [-0.2, 0) is 15.1 Å². The summed E-state index contributed by atoms with van der Waals surface area (Å²) in [6.45, 7) is 14.4. The summed E-state index contributed by atoms with van der Waals surface area (Å²) in [5.41, 5.74) is -0.516. The van der Waals surface area contributed by atoms with Crippen LogP contribution in [0, 0.1) is 6.92 Å². The Labute approximate surface area is 163 Å². The first kappa shape index (κ1) is 19.9. The summed E-state index contributed by atoms with van der Waals surface area (Å²) in [7, 11) is 0. The van der Waals surface area contributed by atoms with Crippen LogP contribution < -0.4 is 5.56 Å². The van der Waals surface area contributed by atoms with Gasteiger partial charge in [-0.15, -0.1) is 0 Å². The Morgan fingerprint density at radius 3 is 1.86 bits per heavy atom. The SMILES string of the molecule is CC1=NN(C(C)(C)C)C(=O)/C1=C1\C(=O)C(c2c(C)[nH]n(C(C)(C)C)c2=O)=C1O. The highest BCUT2D eigenvalue weighted by atomic mass is 16.3. The van der Waals surface area contributed by atoms with Crippen LogP contribution >= 0.6 is 0 Å². The van der Waals surface area contributed by atoms with Gasteiger partial charge in [-0.3, -0.25) is 19.5 Å². The molecule has 0 fully saturated rings.